The average Bonchev–Trinajstić information content (AvgIpc) is 3.32. The van der Waals surface area contributed by atoms with Gasteiger partial charge in [-0.2, -0.15) is 4.37 Å². The number of carbonyl (C=O) groups excluding carboxylic acids is 3. The summed E-state index contributed by atoms with van der Waals surface area (Å²) in [5.74, 6) is -1.65. The van der Waals surface area contributed by atoms with Gasteiger partial charge in [-0.15, -0.1) is 0 Å². The van der Waals surface area contributed by atoms with Gasteiger partial charge in [-0.05, 0) is 67.5 Å². The van der Waals surface area contributed by atoms with Crippen LogP contribution in [-0.2, 0) is 11.2 Å². The number of hydrogen-bond acceptors (Lipinski definition) is 7. The molecule has 1 unspecified atom stereocenters. The first-order valence-corrected chi connectivity index (χ1v) is 13.4. The van der Waals surface area contributed by atoms with Crippen LogP contribution in [0.15, 0.2) is 66.9 Å². The molecular formula is C29H32N6O3S. The van der Waals surface area contributed by atoms with E-state index in [1.54, 1.807) is 6.20 Å². The first kappa shape index (κ1) is 27.7. The summed E-state index contributed by atoms with van der Waals surface area (Å²) in [6.45, 7) is 6.06. The third-order valence-corrected chi connectivity index (χ3v) is 7.60. The Balaban J connectivity index is 1.84. The van der Waals surface area contributed by atoms with Crippen molar-refractivity contribution < 1.29 is 14.4 Å². The fourth-order valence-corrected chi connectivity index (χ4v) is 4.99. The number of primary amides is 1. The maximum Gasteiger partial charge on any atom is 0.270 e. The zero-order valence-electron chi connectivity index (χ0n) is 22.2. The summed E-state index contributed by atoms with van der Waals surface area (Å²) in [5, 5.41) is 3.95. The summed E-state index contributed by atoms with van der Waals surface area (Å²) >= 11 is 0.798. The van der Waals surface area contributed by atoms with Crippen molar-refractivity contribution in [2.24, 2.45) is 5.73 Å². The van der Waals surface area contributed by atoms with Crippen LogP contribution in [0.5, 0.6) is 0 Å². The third-order valence-electron chi connectivity index (χ3n) is 6.75. The molecule has 39 heavy (non-hydrogen) atoms. The number of pyridine rings is 1. The van der Waals surface area contributed by atoms with Crippen LogP contribution in [0, 0.1) is 0 Å². The molecule has 202 valence electrons. The van der Waals surface area contributed by atoms with E-state index in [4.69, 9.17) is 11.5 Å². The van der Waals surface area contributed by atoms with Gasteiger partial charge in [0.1, 0.15) is 10.9 Å². The summed E-state index contributed by atoms with van der Waals surface area (Å²) in [7, 11) is 0. The number of hydrogen-bond donors (Lipinski definition) is 3. The number of carbonyl (C=O) groups is 3. The smallest absolute Gasteiger partial charge is 0.270 e. The molecule has 3 amide bonds. The van der Waals surface area contributed by atoms with E-state index in [1.807, 2.05) is 81.4 Å². The van der Waals surface area contributed by atoms with Crippen molar-refractivity contribution in [1.29, 1.82) is 0 Å². The van der Waals surface area contributed by atoms with Crippen molar-refractivity contribution in [3.8, 4) is 0 Å². The van der Waals surface area contributed by atoms with E-state index in [-0.39, 0.29) is 28.7 Å². The number of nitrogens with two attached hydrogens (primary N) is 2. The second-order valence-corrected chi connectivity index (χ2v) is 10.7. The van der Waals surface area contributed by atoms with Crippen LogP contribution in [0.3, 0.4) is 0 Å². The molecule has 4 aromatic rings. The average molecular weight is 545 g/mol. The van der Waals surface area contributed by atoms with E-state index in [2.05, 4.69) is 14.7 Å². The number of fused-ring (bicyclic) bond motifs is 1. The Bertz CT molecular complexity index is 1500. The number of anilines is 1. The van der Waals surface area contributed by atoms with Gasteiger partial charge in [-0.1, -0.05) is 49.4 Å². The maximum atomic E-state index is 14.1. The highest BCUT2D eigenvalue weighted by Gasteiger charge is 2.36. The number of nitrogen functional groups attached to an aromatic ring is 1. The second kappa shape index (κ2) is 11.6. The third kappa shape index (κ3) is 6.23. The summed E-state index contributed by atoms with van der Waals surface area (Å²) < 4.78 is 4.01. The van der Waals surface area contributed by atoms with Gasteiger partial charge in [-0.3, -0.25) is 19.4 Å². The van der Waals surface area contributed by atoms with Crippen molar-refractivity contribution in [3.05, 3.63) is 88.6 Å². The first-order chi connectivity index (χ1) is 18.6. The lowest BCUT2D eigenvalue weighted by atomic mass is 9.97. The maximum absolute atomic E-state index is 14.1. The van der Waals surface area contributed by atoms with E-state index in [0.29, 0.717) is 18.4 Å². The van der Waals surface area contributed by atoms with Crippen LogP contribution in [0.25, 0.3) is 10.9 Å². The van der Waals surface area contributed by atoms with Crippen LogP contribution < -0.4 is 16.8 Å². The molecule has 0 spiro atoms. The molecule has 2 aromatic carbocycles. The summed E-state index contributed by atoms with van der Waals surface area (Å²) in [6, 6.07) is 18.0. The number of rotatable bonds is 10. The van der Waals surface area contributed by atoms with E-state index >= 15 is 0 Å². The fourth-order valence-electron chi connectivity index (χ4n) is 4.23. The molecule has 0 aliphatic rings. The summed E-state index contributed by atoms with van der Waals surface area (Å²) in [6.07, 6.45) is 2.88. The van der Waals surface area contributed by atoms with E-state index in [9.17, 15) is 14.4 Å². The number of benzene rings is 2. The minimum atomic E-state index is -0.991. The Labute approximate surface area is 231 Å². The SMILES string of the molecule is CCC(C)(C)NC(=O)C(c1ccc2ncccc2c1)N(CCc1ccccc1)C(=O)c1snc(C(N)=O)c1N. The Morgan fingerprint density at radius 1 is 1.08 bits per heavy atom. The summed E-state index contributed by atoms with van der Waals surface area (Å²) in [4.78, 5) is 45.9. The highest BCUT2D eigenvalue weighted by molar-refractivity contribution is 7.09. The van der Waals surface area contributed by atoms with E-state index < -0.39 is 23.4 Å². The topological polar surface area (TPSA) is 144 Å². The van der Waals surface area contributed by atoms with Crippen molar-refractivity contribution in [2.75, 3.05) is 12.3 Å². The lowest BCUT2D eigenvalue weighted by molar-refractivity contribution is -0.127. The van der Waals surface area contributed by atoms with Crippen molar-refractivity contribution in [1.82, 2.24) is 19.6 Å². The van der Waals surface area contributed by atoms with E-state index in [0.717, 1.165) is 28.0 Å². The molecule has 0 bridgehead atoms. The number of amides is 3. The molecule has 0 radical (unpaired) electrons. The number of nitrogens with zero attached hydrogens (tertiary/aromatic N) is 3. The van der Waals surface area contributed by atoms with Crippen molar-refractivity contribution in [2.45, 2.75) is 45.2 Å². The quantitative estimate of drug-likeness (QED) is 0.274. The molecule has 9 nitrogen and oxygen atoms in total. The Morgan fingerprint density at radius 3 is 2.49 bits per heavy atom. The lowest BCUT2D eigenvalue weighted by Gasteiger charge is -2.34. The van der Waals surface area contributed by atoms with Gasteiger partial charge >= 0.3 is 0 Å². The Hall–Kier alpha value is -4.31. The normalized spacial score (nSPS) is 12.2. The molecule has 2 heterocycles. The van der Waals surface area contributed by atoms with Gasteiger partial charge in [0.25, 0.3) is 11.8 Å². The number of nitrogens with one attached hydrogen (secondary N) is 1. The first-order valence-electron chi connectivity index (χ1n) is 12.7. The summed E-state index contributed by atoms with van der Waals surface area (Å²) in [5.41, 5.74) is 13.2. The monoisotopic (exact) mass is 544 g/mol. The Morgan fingerprint density at radius 2 is 1.82 bits per heavy atom. The molecule has 0 saturated heterocycles. The molecule has 5 N–H and O–H groups in total. The van der Waals surface area contributed by atoms with Crippen LogP contribution in [0.2, 0.25) is 0 Å². The molecule has 2 aromatic heterocycles. The van der Waals surface area contributed by atoms with Gasteiger partial charge < -0.3 is 21.7 Å². The molecule has 1 atom stereocenters. The largest absolute Gasteiger partial charge is 0.395 e. The minimum absolute atomic E-state index is 0.0619. The van der Waals surface area contributed by atoms with Gasteiger partial charge in [0, 0.05) is 23.7 Å². The molecule has 0 fully saturated rings. The minimum Gasteiger partial charge on any atom is -0.395 e. The van der Waals surface area contributed by atoms with Crippen LogP contribution in [0.1, 0.15) is 64.5 Å². The molecular weight excluding hydrogens is 512 g/mol. The van der Waals surface area contributed by atoms with Gasteiger partial charge in [0.15, 0.2) is 5.69 Å². The second-order valence-electron chi connectivity index (χ2n) is 9.96. The van der Waals surface area contributed by atoms with Crippen LogP contribution >= 0.6 is 11.5 Å². The fraction of sp³-hybridized carbons (Fsp3) is 0.276. The van der Waals surface area contributed by atoms with Crippen molar-refractivity contribution in [3.63, 3.8) is 0 Å². The number of aromatic nitrogens is 2. The van der Waals surface area contributed by atoms with Crippen LogP contribution in [0.4, 0.5) is 5.69 Å². The molecule has 10 heteroatoms. The molecule has 0 aliphatic carbocycles. The zero-order chi connectivity index (χ0) is 28.2. The van der Waals surface area contributed by atoms with Gasteiger partial charge in [-0.25, -0.2) is 0 Å². The standard InChI is InChI=1S/C29H32N6O3S/c1-4-29(2,3)33-27(37)24(20-12-13-21-19(17-20)11-8-15-32-21)35(16-14-18-9-6-5-7-10-18)28(38)25-22(30)23(26(31)36)34-39-25/h5-13,15,17,24H,4,14,16,30H2,1-3H3,(H2,31,36)(H,33,37). The van der Waals surface area contributed by atoms with Crippen LogP contribution in [-0.4, -0.2) is 44.1 Å². The van der Waals surface area contributed by atoms with Gasteiger partial charge in [0.2, 0.25) is 5.91 Å². The molecule has 0 aliphatic heterocycles. The van der Waals surface area contributed by atoms with Gasteiger partial charge in [0.05, 0.1) is 11.2 Å². The van der Waals surface area contributed by atoms with Crippen molar-refractivity contribution >= 4 is 45.8 Å². The lowest BCUT2D eigenvalue weighted by Crippen LogP contribution is -2.50. The highest BCUT2D eigenvalue weighted by Crippen LogP contribution is 2.31. The predicted octanol–water partition coefficient (Wildman–Crippen LogP) is 4.10. The molecule has 4 rings (SSSR count). The highest BCUT2D eigenvalue weighted by atomic mass is 32.1. The molecule has 0 saturated carbocycles. The van der Waals surface area contributed by atoms with E-state index in [1.165, 1.54) is 4.90 Å². The Kier molecular flexibility index (Phi) is 8.25. The zero-order valence-corrected chi connectivity index (χ0v) is 23.0. The predicted molar refractivity (Wildman–Crippen MR) is 153 cm³/mol.